The van der Waals surface area contributed by atoms with E-state index in [2.05, 4.69) is 10.3 Å². The number of fused-ring (bicyclic) bond motifs is 1. The zero-order valence-electron chi connectivity index (χ0n) is 20.1. The summed E-state index contributed by atoms with van der Waals surface area (Å²) in [5, 5.41) is 4.13. The summed E-state index contributed by atoms with van der Waals surface area (Å²) in [6.07, 6.45) is 5.92. The summed E-state index contributed by atoms with van der Waals surface area (Å²) < 4.78 is 10.7. The van der Waals surface area contributed by atoms with Gasteiger partial charge in [-0.05, 0) is 48.6 Å². The van der Waals surface area contributed by atoms with Gasteiger partial charge in [-0.15, -0.1) is 0 Å². The number of benzene rings is 2. The van der Waals surface area contributed by atoms with Gasteiger partial charge in [0.1, 0.15) is 6.04 Å². The Bertz CT molecular complexity index is 1150. The van der Waals surface area contributed by atoms with E-state index in [9.17, 15) is 9.59 Å². The molecular formula is C27H33N3O4. The lowest BCUT2D eigenvalue weighted by atomic mass is 9.84. The number of aromatic amines is 1. The van der Waals surface area contributed by atoms with Crippen molar-refractivity contribution in [1.82, 2.24) is 15.2 Å². The molecule has 3 aromatic rings. The van der Waals surface area contributed by atoms with E-state index in [0.717, 1.165) is 41.3 Å². The Labute approximate surface area is 200 Å². The van der Waals surface area contributed by atoms with Crippen LogP contribution in [0, 0.1) is 5.92 Å². The first-order valence-electron chi connectivity index (χ1n) is 11.8. The van der Waals surface area contributed by atoms with Crippen LogP contribution in [-0.2, 0) is 22.4 Å². The Morgan fingerprint density at radius 2 is 1.88 bits per heavy atom. The Morgan fingerprint density at radius 3 is 2.59 bits per heavy atom. The van der Waals surface area contributed by atoms with Crippen LogP contribution in [0.2, 0.25) is 0 Å². The van der Waals surface area contributed by atoms with Gasteiger partial charge in [-0.1, -0.05) is 30.7 Å². The number of H-pyrrole nitrogens is 1. The average molecular weight is 464 g/mol. The van der Waals surface area contributed by atoms with Gasteiger partial charge in [0.15, 0.2) is 11.5 Å². The molecule has 7 nitrogen and oxygen atoms in total. The van der Waals surface area contributed by atoms with Crippen molar-refractivity contribution in [3.8, 4) is 11.5 Å². The maximum Gasteiger partial charge on any atom is 0.245 e. The predicted molar refractivity (Wildman–Crippen MR) is 132 cm³/mol. The summed E-state index contributed by atoms with van der Waals surface area (Å²) in [6.45, 7) is 0.526. The second-order valence-corrected chi connectivity index (χ2v) is 8.95. The fourth-order valence-corrected chi connectivity index (χ4v) is 4.39. The van der Waals surface area contributed by atoms with Crippen LogP contribution in [0.3, 0.4) is 0 Å². The van der Waals surface area contributed by atoms with Crippen molar-refractivity contribution in [2.24, 2.45) is 5.92 Å². The van der Waals surface area contributed by atoms with E-state index in [1.807, 2.05) is 48.7 Å². The Balaban J connectivity index is 1.47. The molecule has 0 bridgehead atoms. The number of nitrogens with one attached hydrogen (secondary N) is 2. The molecule has 0 saturated heterocycles. The number of hydrogen-bond acceptors (Lipinski definition) is 4. The topological polar surface area (TPSA) is 83.7 Å². The molecule has 2 amide bonds. The van der Waals surface area contributed by atoms with Crippen molar-refractivity contribution >= 4 is 22.7 Å². The minimum atomic E-state index is -0.609. The molecule has 2 N–H and O–H groups in total. The second kappa shape index (κ2) is 10.6. The molecule has 0 radical (unpaired) electrons. The van der Waals surface area contributed by atoms with Crippen LogP contribution in [-0.4, -0.2) is 55.6 Å². The number of para-hydroxylation sites is 1. The number of carbonyl (C=O) groups is 2. The summed E-state index contributed by atoms with van der Waals surface area (Å²) in [5.41, 5.74) is 3.09. The van der Waals surface area contributed by atoms with E-state index >= 15 is 0 Å². The van der Waals surface area contributed by atoms with Crippen molar-refractivity contribution in [2.45, 2.75) is 38.1 Å². The van der Waals surface area contributed by atoms with Crippen molar-refractivity contribution in [3.05, 3.63) is 59.8 Å². The van der Waals surface area contributed by atoms with Gasteiger partial charge in [0, 0.05) is 43.0 Å². The number of rotatable bonds is 10. The molecular weight excluding hydrogens is 430 g/mol. The predicted octanol–water partition coefficient (Wildman–Crippen LogP) is 3.71. The number of hydrogen-bond donors (Lipinski definition) is 2. The molecule has 34 heavy (non-hydrogen) atoms. The molecule has 1 fully saturated rings. The molecule has 7 heteroatoms. The summed E-state index contributed by atoms with van der Waals surface area (Å²) in [6, 6.07) is 13.2. The van der Waals surface area contributed by atoms with Crippen molar-refractivity contribution in [2.75, 3.05) is 27.8 Å². The molecule has 180 valence electrons. The zero-order chi connectivity index (χ0) is 24.1. The van der Waals surface area contributed by atoms with E-state index in [0.29, 0.717) is 30.9 Å². The van der Waals surface area contributed by atoms with E-state index in [-0.39, 0.29) is 17.7 Å². The summed E-state index contributed by atoms with van der Waals surface area (Å²) in [5.74, 6) is 1.26. The first-order chi connectivity index (χ1) is 16.5. The lowest BCUT2D eigenvalue weighted by Crippen LogP contribution is -2.51. The van der Waals surface area contributed by atoms with Gasteiger partial charge in [-0.25, -0.2) is 0 Å². The number of nitrogens with zero attached hydrogens (tertiary/aromatic N) is 1. The van der Waals surface area contributed by atoms with Crippen LogP contribution in [0.1, 0.15) is 30.4 Å². The van der Waals surface area contributed by atoms with E-state index in [4.69, 9.17) is 9.47 Å². The smallest absolute Gasteiger partial charge is 0.245 e. The van der Waals surface area contributed by atoms with Crippen LogP contribution in [0.5, 0.6) is 11.5 Å². The third-order valence-electron chi connectivity index (χ3n) is 6.75. The van der Waals surface area contributed by atoms with Gasteiger partial charge in [0.05, 0.1) is 14.2 Å². The number of methoxy groups -OCH3 is 2. The molecule has 0 aliphatic heterocycles. The molecule has 4 rings (SSSR count). The minimum absolute atomic E-state index is 0.0160. The molecule has 1 aliphatic rings. The van der Waals surface area contributed by atoms with Crippen LogP contribution >= 0.6 is 0 Å². The normalized spacial score (nSPS) is 14.3. The quantitative estimate of drug-likeness (QED) is 0.480. The van der Waals surface area contributed by atoms with E-state index < -0.39 is 6.04 Å². The fourth-order valence-electron chi connectivity index (χ4n) is 4.39. The second-order valence-electron chi connectivity index (χ2n) is 8.95. The van der Waals surface area contributed by atoms with Crippen LogP contribution in [0.15, 0.2) is 48.7 Å². The van der Waals surface area contributed by atoms with E-state index in [1.54, 1.807) is 26.2 Å². The molecule has 1 aromatic heterocycles. The molecule has 1 aliphatic carbocycles. The standard InChI is InChI=1S/C27H33N3O4/c1-30(14-13-18-11-12-24(33-2)25(15-18)34-3)27(32)23(29-26(31)19-7-6-8-19)16-20-17-28-22-10-5-4-9-21(20)22/h4-5,9-12,15,17,19,23,28H,6-8,13-14,16H2,1-3H3,(H,29,31). The van der Waals surface area contributed by atoms with Gasteiger partial charge in [-0.3, -0.25) is 9.59 Å². The SMILES string of the molecule is COc1ccc(CCN(C)C(=O)C(Cc2c[nH]c3ccccc23)NC(=O)C2CCC2)cc1OC. The maximum absolute atomic E-state index is 13.5. The molecule has 1 unspecified atom stereocenters. The molecule has 1 saturated carbocycles. The Hall–Kier alpha value is -3.48. The van der Waals surface area contributed by atoms with Crippen LogP contribution < -0.4 is 14.8 Å². The fraction of sp³-hybridized carbons (Fsp3) is 0.407. The minimum Gasteiger partial charge on any atom is -0.493 e. The lowest BCUT2D eigenvalue weighted by Gasteiger charge is -2.29. The van der Waals surface area contributed by atoms with Gasteiger partial charge in [0.25, 0.3) is 0 Å². The van der Waals surface area contributed by atoms with Gasteiger partial charge in [-0.2, -0.15) is 0 Å². The highest BCUT2D eigenvalue weighted by Crippen LogP contribution is 2.28. The van der Waals surface area contributed by atoms with Crippen LogP contribution in [0.25, 0.3) is 10.9 Å². The van der Waals surface area contributed by atoms with Gasteiger partial charge >= 0.3 is 0 Å². The Morgan fingerprint density at radius 1 is 1.12 bits per heavy atom. The number of amides is 2. The van der Waals surface area contributed by atoms with E-state index in [1.165, 1.54) is 0 Å². The van der Waals surface area contributed by atoms with Crippen LogP contribution in [0.4, 0.5) is 0 Å². The zero-order valence-corrected chi connectivity index (χ0v) is 20.1. The molecule has 1 heterocycles. The number of carbonyl (C=O) groups excluding carboxylic acids is 2. The third kappa shape index (κ3) is 5.19. The molecule has 2 aromatic carbocycles. The van der Waals surface area contributed by atoms with Gasteiger partial charge in [0.2, 0.25) is 11.8 Å². The summed E-state index contributed by atoms with van der Waals surface area (Å²) in [4.78, 5) is 31.2. The van der Waals surface area contributed by atoms with Crippen molar-refractivity contribution < 1.29 is 19.1 Å². The first kappa shape index (κ1) is 23.7. The highest BCUT2D eigenvalue weighted by atomic mass is 16.5. The largest absolute Gasteiger partial charge is 0.493 e. The molecule has 0 spiro atoms. The highest BCUT2D eigenvalue weighted by molar-refractivity contribution is 5.90. The number of aromatic nitrogens is 1. The lowest BCUT2D eigenvalue weighted by molar-refractivity contribution is -0.137. The average Bonchev–Trinajstić information content (AvgIpc) is 3.23. The highest BCUT2D eigenvalue weighted by Gasteiger charge is 2.31. The molecule has 1 atom stereocenters. The van der Waals surface area contributed by atoms with Crippen molar-refractivity contribution in [3.63, 3.8) is 0 Å². The maximum atomic E-state index is 13.5. The monoisotopic (exact) mass is 463 g/mol. The Kier molecular flexibility index (Phi) is 7.40. The van der Waals surface area contributed by atoms with Crippen molar-refractivity contribution in [1.29, 1.82) is 0 Å². The summed E-state index contributed by atoms with van der Waals surface area (Å²) >= 11 is 0. The number of ether oxygens (including phenoxy) is 2. The number of likely N-dealkylation sites (N-methyl/N-ethyl adjacent to an activating group) is 1. The summed E-state index contributed by atoms with van der Waals surface area (Å²) in [7, 11) is 5.01. The third-order valence-corrected chi connectivity index (χ3v) is 6.75. The first-order valence-corrected chi connectivity index (χ1v) is 11.8. The van der Waals surface area contributed by atoms with Gasteiger partial charge < -0.3 is 24.7 Å².